The number of nitrogens with zero attached hydrogens (tertiary/aromatic N) is 3. The maximum atomic E-state index is 13.2. The lowest BCUT2D eigenvalue weighted by Gasteiger charge is -2.07. The molecule has 4 rings (SSSR count). The molecule has 0 fully saturated rings. The molecular weight excluding hydrogens is 405 g/mol. The van der Waals surface area contributed by atoms with Crippen LogP contribution in [0.2, 0.25) is 0 Å². The van der Waals surface area contributed by atoms with Gasteiger partial charge >= 0.3 is 5.97 Å². The van der Waals surface area contributed by atoms with Gasteiger partial charge in [0.15, 0.2) is 5.82 Å². The summed E-state index contributed by atoms with van der Waals surface area (Å²) < 4.78 is 19.1. The fourth-order valence-electron chi connectivity index (χ4n) is 3.03. The number of anilines is 1. The number of H-pyrrole nitrogens is 1. The van der Waals surface area contributed by atoms with Crippen LogP contribution >= 0.6 is 0 Å². The number of fused-ring (bicyclic) bond motifs is 1. The lowest BCUT2D eigenvalue weighted by molar-refractivity contribution is -0.115. The van der Waals surface area contributed by atoms with E-state index in [9.17, 15) is 18.8 Å². The van der Waals surface area contributed by atoms with E-state index in [4.69, 9.17) is 0 Å². The van der Waals surface area contributed by atoms with E-state index in [1.807, 2.05) is 0 Å². The Morgan fingerprint density at radius 2 is 1.94 bits per heavy atom. The molecule has 0 atom stereocenters. The summed E-state index contributed by atoms with van der Waals surface area (Å²) in [5.41, 5.74) is 1.47. The Hall–Kier alpha value is -4.34. The van der Waals surface area contributed by atoms with Gasteiger partial charge in [-0.05, 0) is 48.5 Å². The van der Waals surface area contributed by atoms with E-state index in [0.29, 0.717) is 22.5 Å². The van der Waals surface area contributed by atoms with Gasteiger partial charge in [0, 0.05) is 11.3 Å². The maximum Gasteiger partial charge on any atom is 0.337 e. The van der Waals surface area contributed by atoms with Crippen LogP contribution in [0.4, 0.5) is 10.1 Å². The van der Waals surface area contributed by atoms with E-state index in [2.05, 4.69) is 25.3 Å². The number of amides is 1. The molecule has 1 amide bonds. The number of nitrogens with one attached hydrogen (secondary N) is 2. The van der Waals surface area contributed by atoms with Crippen molar-refractivity contribution in [3.05, 3.63) is 82.2 Å². The van der Waals surface area contributed by atoms with Gasteiger partial charge in [-0.2, -0.15) is 10.2 Å². The van der Waals surface area contributed by atoms with Crippen LogP contribution in [0.5, 0.6) is 0 Å². The number of benzene rings is 2. The second-order valence-corrected chi connectivity index (χ2v) is 6.60. The Labute approximate surface area is 174 Å². The summed E-state index contributed by atoms with van der Waals surface area (Å²) in [5.74, 6) is -1.14. The lowest BCUT2D eigenvalue weighted by atomic mass is 10.1. The number of hydrogen-bond acceptors (Lipinski definition) is 6. The molecule has 10 heteroatoms. The second kappa shape index (κ2) is 8.19. The van der Waals surface area contributed by atoms with Gasteiger partial charge in [-0.3, -0.25) is 9.59 Å². The van der Waals surface area contributed by atoms with E-state index in [-0.39, 0.29) is 23.6 Å². The summed E-state index contributed by atoms with van der Waals surface area (Å²) in [6.45, 7) is 0. The quantitative estimate of drug-likeness (QED) is 0.477. The number of halogens is 1. The first-order valence-corrected chi connectivity index (χ1v) is 9.16. The molecule has 2 heterocycles. The zero-order chi connectivity index (χ0) is 22.0. The highest BCUT2D eigenvalue weighted by molar-refractivity contribution is 5.95. The van der Waals surface area contributed by atoms with E-state index in [1.54, 1.807) is 30.3 Å². The van der Waals surface area contributed by atoms with Crippen molar-refractivity contribution in [2.45, 2.75) is 6.42 Å². The Morgan fingerprint density at radius 1 is 1.16 bits per heavy atom. The molecule has 2 aromatic carbocycles. The van der Waals surface area contributed by atoms with Gasteiger partial charge in [-0.25, -0.2) is 18.8 Å². The first-order chi connectivity index (χ1) is 14.9. The van der Waals surface area contributed by atoms with Crippen molar-refractivity contribution in [3.63, 3.8) is 0 Å². The molecule has 0 unspecified atom stereocenters. The lowest BCUT2D eigenvalue weighted by Crippen LogP contribution is -2.22. The third-order valence-electron chi connectivity index (χ3n) is 4.50. The highest BCUT2D eigenvalue weighted by atomic mass is 19.1. The van der Waals surface area contributed by atoms with Crippen molar-refractivity contribution in [2.75, 3.05) is 12.4 Å². The fourth-order valence-corrected chi connectivity index (χ4v) is 3.03. The van der Waals surface area contributed by atoms with Gasteiger partial charge in [0.1, 0.15) is 11.3 Å². The summed E-state index contributed by atoms with van der Waals surface area (Å²) in [4.78, 5) is 36.3. The van der Waals surface area contributed by atoms with Crippen molar-refractivity contribution < 1.29 is 18.7 Å². The highest BCUT2D eigenvalue weighted by Gasteiger charge is 2.15. The average molecular weight is 421 g/mol. The van der Waals surface area contributed by atoms with E-state index in [1.165, 1.54) is 35.9 Å². The number of esters is 1. The minimum absolute atomic E-state index is 0.194. The van der Waals surface area contributed by atoms with E-state index < -0.39 is 17.4 Å². The van der Waals surface area contributed by atoms with E-state index >= 15 is 0 Å². The van der Waals surface area contributed by atoms with Gasteiger partial charge in [-0.1, -0.05) is 6.07 Å². The van der Waals surface area contributed by atoms with Crippen molar-refractivity contribution >= 4 is 23.1 Å². The Bertz CT molecular complexity index is 1340. The number of ether oxygens (including phenoxy) is 1. The standard InChI is InChI=1S/C21H16FN5O4/c1-31-21(30)13-3-2-4-15(9-13)23-19(28)11-18-24-25-20(29)17-10-16(26-27(17)18)12-5-7-14(22)8-6-12/h2-10H,11H2,1H3,(H,23,28)(H,25,29). The Kier molecular flexibility index (Phi) is 5.27. The van der Waals surface area contributed by atoms with Crippen LogP contribution in [0.1, 0.15) is 16.2 Å². The van der Waals surface area contributed by atoms with Crippen LogP contribution in [-0.2, 0) is 16.0 Å². The summed E-state index contributed by atoms with van der Waals surface area (Å²) >= 11 is 0. The van der Waals surface area contributed by atoms with Crippen molar-refractivity contribution in [1.82, 2.24) is 19.8 Å². The fraction of sp³-hybridized carbons (Fsp3) is 0.0952. The van der Waals surface area contributed by atoms with Crippen LogP contribution in [0.3, 0.4) is 0 Å². The molecule has 0 bridgehead atoms. The summed E-state index contributed by atoms with van der Waals surface area (Å²) in [6, 6.07) is 13.5. The molecule has 0 saturated carbocycles. The van der Waals surface area contributed by atoms with Gasteiger partial charge < -0.3 is 10.1 Å². The molecule has 0 aliphatic rings. The van der Waals surface area contributed by atoms with E-state index in [0.717, 1.165) is 0 Å². The number of carbonyl (C=O) groups is 2. The maximum absolute atomic E-state index is 13.2. The van der Waals surface area contributed by atoms with Gasteiger partial charge in [0.05, 0.1) is 24.8 Å². The molecule has 0 radical (unpaired) electrons. The molecular formula is C21H16FN5O4. The zero-order valence-electron chi connectivity index (χ0n) is 16.3. The van der Waals surface area contributed by atoms with Gasteiger partial charge in [0.2, 0.25) is 5.91 Å². The summed E-state index contributed by atoms with van der Waals surface area (Å²) in [6.07, 6.45) is -0.194. The molecule has 156 valence electrons. The molecule has 0 saturated heterocycles. The first kappa shape index (κ1) is 20.0. The number of aromatic nitrogens is 4. The molecule has 0 aliphatic heterocycles. The number of methoxy groups -OCH3 is 1. The molecule has 31 heavy (non-hydrogen) atoms. The third-order valence-corrected chi connectivity index (χ3v) is 4.50. The van der Waals surface area contributed by atoms with Crippen LogP contribution in [0.25, 0.3) is 16.8 Å². The van der Waals surface area contributed by atoms with Crippen molar-refractivity contribution in [3.8, 4) is 11.3 Å². The van der Waals surface area contributed by atoms with Crippen LogP contribution in [-0.4, -0.2) is 38.8 Å². The predicted molar refractivity (Wildman–Crippen MR) is 109 cm³/mol. The SMILES string of the molecule is COC(=O)c1cccc(NC(=O)Cc2n[nH]c(=O)c3cc(-c4ccc(F)cc4)nn23)c1. The average Bonchev–Trinajstić information content (AvgIpc) is 3.22. The molecule has 0 aliphatic carbocycles. The molecule has 0 spiro atoms. The first-order valence-electron chi connectivity index (χ1n) is 9.16. The molecule has 9 nitrogen and oxygen atoms in total. The summed E-state index contributed by atoms with van der Waals surface area (Å²) in [7, 11) is 1.27. The number of carbonyl (C=O) groups excluding carboxylic acids is 2. The second-order valence-electron chi connectivity index (χ2n) is 6.60. The number of rotatable bonds is 5. The number of aromatic amines is 1. The normalized spacial score (nSPS) is 10.8. The predicted octanol–water partition coefficient (Wildman–Crippen LogP) is 2.19. The Morgan fingerprint density at radius 3 is 2.68 bits per heavy atom. The van der Waals surface area contributed by atoms with Gasteiger partial charge in [-0.15, -0.1) is 0 Å². The third kappa shape index (κ3) is 4.17. The number of hydrogen-bond donors (Lipinski definition) is 2. The van der Waals surface area contributed by atoms with Crippen LogP contribution in [0, 0.1) is 5.82 Å². The minimum atomic E-state index is -0.523. The smallest absolute Gasteiger partial charge is 0.337 e. The highest BCUT2D eigenvalue weighted by Crippen LogP contribution is 2.19. The topological polar surface area (TPSA) is 118 Å². The minimum Gasteiger partial charge on any atom is -0.465 e. The monoisotopic (exact) mass is 421 g/mol. The zero-order valence-corrected chi connectivity index (χ0v) is 16.3. The molecule has 4 aromatic rings. The Balaban J connectivity index is 1.60. The molecule has 2 aromatic heterocycles. The largest absolute Gasteiger partial charge is 0.465 e. The summed E-state index contributed by atoms with van der Waals surface area (Å²) in [5, 5.41) is 13.3. The van der Waals surface area contributed by atoms with Crippen molar-refractivity contribution in [2.24, 2.45) is 0 Å². The van der Waals surface area contributed by atoms with Gasteiger partial charge in [0.25, 0.3) is 5.56 Å². The van der Waals surface area contributed by atoms with Crippen LogP contribution in [0.15, 0.2) is 59.4 Å². The van der Waals surface area contributed by atoms with Crippen molar-refractivity contribution in [1.29, 1.82) is 0 Å². The van der Waals surface area contributed by atoms with Crippen LogP contribution < -0.4 is 10.9 Å². The molecule has 2 N–H and O–H groups in total.